The fourth-order valence-corrected chi connectivity index (χ4v) is 3.17. The summed E-state index contributed by atoms with van der Waals surface area (Å²) in [5.41, 5.74) is 1.62. The topological polar surface area (TPSA) is 71.1 Å². The Kier molecular flexibility index (Phi) is 4.36. The molecular weight excluding hydrogens is 274 g/mol. The van der Waals surface area contributed by atoms with Gasteiger partial charge in [-0.15, -0.1) is 0 Å². The van der Waals surface area contributed by atoms with Gasteiger partial charge in [0, 0.05) is 12.7 Å². The van der Waals surface area contributed by atoms with Crippen LogP contribution in [0.4, 0.5) is 5.82 Å². The molecule has 1 aromatic carbocycles. The van der Waals surface area contributed by atoms with Crippen LogP contribution in [-0.4, -0.2) is 20.4 Å². The van der Waals surface area contributed by atoms with Gasteiger partial charge in [0.2, 0.25) is 0 Å². The molecule has 0 saturated heterocycles. The predicted octanol–water partition coefficient (Wildman–Crippen LogP) is 1.91. The predicted molar refractivity (Wildman–Crippen MR) is 79.0 cm³/mol. The maximum absolute atomic E-state index is 12.4. The molecule has 6 heteroatoms. The van der Waals surface area contributed by atoms with Crippen molar-refractivity contribution in [3.05, 3.63) is 53.7 Å². The molecule has 0 atom stereocenters. The van der Waals surface area contributed by atoms with Crippen molar-refractivity contribution in [2.75, 3.05) is 11.8 Å². The van der Waals surface area contributed by atoms with E-state index in [0.29, 0.717) is 17.9 Å². The summed E-state index contributed by atoms with van der Waals surface area (Å²) in [6, 6.07) is 10.5. The molecule has 1 heterocycles. The number of pyridine rings is 1. The lowest BCUT2D eigenvalue weighted by molar-refractivity contribution is 0.600. The van der Waals surface area contributed by atoms with Crippen molar-refractivity contribution in [2.45, 2.75) is 18.4 Å². The van der Waals surface area contributed by atoms with Crippen molar-refractivity contribution < 1.29 is 8.42 Å². The average Bonchev–Trinajstić information content (AvgIpc) is 2.42. The number of hydrogen-bond acceptors (Lipinski definition) is 4. The lowest BCUT2D eigenvalue weighted by atomic mass is 10.1. The highest BCUT2D eigenvalue weighted by atomic mass is 32.2. The van der Waals surface area contributed by atoms with Crippen molar-refractivity contribution >= 4 is 15.8 Å². The smallest absolute Gasteiger partial charge is 0.263 e. The minimum Gasteiger partial charge on any atom is -0.316 e. The fourth-order valence-electron chi connectivity index (χ4n) is 1.86. The highest BCUT2D eigenvalue weighted by Crippen LogP contribution is 2.19. The molecule has 2 N–H and O–H groups in total. The summed E-state index contributed by atoms with van der Waals surface area (Å²) in [5.74, 6) is 0.311. The van der Waals surface area contributed by atoms with E-state index in [2.05, 4.69) is 15.0 Å². The number of rotatable bonds is 5. The first-order valence-corrected chi connectivity index (χ1v) is 7.69. The molecule has 0 amide bonds. The molecule has 0 bridgehead atoms. The van der Waals surface area contributed by atoms with Crippen molar-refractivity contribution in [1.29, 1.82) is 0 Å². The summed E-state index contributed by atoms with van der Waals surface area (Å²) in [6.45, 7) is 2.39. The molecule has 0 fully saturated rings. The van der Waals surface area contributed by atoms with Gasteiger partial charge in [-0.1, -0.05) is 18.2 Å². The van der Waals surface area contributed by atoms with E-state index in [0.717, 1.165) is 5.56 Å². The Hall–Kier alpha value is -1.92. The van der Waals surface area contributed by atoms with Gasteiger partial charge in [0.25, 0.3) is 10.0 Å². The van der Waals surface area contributed by atoms with Gasteiger partial charge in [-0.25, -0.2) is 13.4 Å². The molecule has 106 valence electrons. The molecule has 20 heavy (non-hydrogen) atoms. The molecule has 0 aliphatic rings. The Morgan fingerprint density at radius 2 is 2.00 bits per heavy atom. The normalized spacial score (nSPS) is 11.3. The van der Waals surface area contributed by atoms with E-state index < -0.39 is 10.0 Å². The number of aryl methyl sites for hydroxylation is 1. The largest absolute Gasteiger partial charge is 0.316 e. The molecule has 2 aromatic rings. The summed E-state index contributed by atoms with van der Waals surface area (Å²) >= 11 is 0. The molecule has 0 aliphatic carbocycles. The minimum atomic E-state index is -3.63. The summed E-state index contributed by atoms with van der Waals surface area (Å²) in [6.07, 6.45) is 1.54. The quantitative estimate of drug-likeness (QED) is 0.883. The van der Waals surface area contributed by atoms with Gasteiger partial charge in [-0.2, -0.15) is 0 Å². The zero-order valence-electron chi connectivity index (χ0n) is 11.4. The van der Waals surface area contributed by atoms with E-state index in [-0.39, 0.29) is 4.90 Å². The van der Waals surface area contributed by atoms with Crippen LogP contribution >= 0.6 is 0 Å². The van der Waals surface area contributed by atoms with Crippen LogP contribution in [0.25, 0.3) is 0 Å². The van der Waals surface area contributed by atoms with Crippen LogP contribution in [0, 0.1) is 6.92 Å². The van der Waals surface area contributed by atoms with Crippen LogP contribution in [0.2, 0.25) is 0 Å². The first-order chi connectivity index (χ1) is 9.53. The van der Waals surface area contributed by atoms with E-state index in [4.69, 9.17) is 0 Å². The number of anilines is 1. The van der Waals surface area contributed by atoms with Crippen molar-refractivity contribution in [3.63, 3.8) is 0 Å². The number of nitrogens with zero attached hydrogens (tertiary/aromatic N) is 1. The molecule has 1 aromatic heterocycles. The van der Waals surface area contributed by atoms with Crippen LogP contribution < -0.4 is 10.0 Å². The highest BCUT2D eigenvalue weighted by Gasteiger charge is 2.17. The molecule has 5 nitrogen and oxygen atoms in total. The van der Waals surface area contributed by atoms with Crippen LogP contribution in [0.15, 0.2) is 47.5 Å². The first-order valence-electron chi connectivity index (χ1n) is 6.21. The van der Waals surface area contributed by atoms with Crippen LogP contribution in [-0.2, 0) is 16.6 Å². The van der Waals surface area contributed by atoms with Crippen LogP contribution in [0.5, 0.6) is 0 Å². The second kappa shape index (κ2) is 6.02. The lowest BCUT2D eigenvalue weighted by Gasteiger charge is -2.11. The minimum absolute atomic E-state index is 0.274. The first kappa shape index (κ1) is 14.5. The Bertz CT molecular complexity index is 685. The third kappa shape index (κ3) is 3.34. The second-order valence-corrected chi connectivity index (χ2v) is 6.10. The van der Waals surface area contributed by atoms with Crippen LogP contribution in [0.3, 0.4) is 0 Å². The molecule has 2 rings (SSSR count). The molecule has 0 radical (unpaired) electrons. The molecule has 0 saturated carbocycles. The molecule has 0 spiro atoms. The average molecular weight is 291 g/mol. The summed E-state index contributed by atoms with van der Waals surface area (Å²) in [5, 5.41) is 3.00. The third-order valence-corrected chi connectivity index (χ3v) is 4.32. The Morgan fingerprint density at radius 1 is 1.20 bits per heavy atom. The summed E-state index contributed by atoms with van der Waals surface area (Å²) < 4.78 is 27.3. The molecule has 0 unspecified atom stereocenters. The fraction of sp³-hybridized carbons (Fsp3) is 0.214. The van der Waals surface area contributed by atoms with Crippen molar-refractivity contribution in [1.82, 2.24) is 10.3 Å². The van der Waals surface area contributed by atoms with Gasteiger partial charge in [0.05, 0.1) is 4.90 Å². The van der Waals surface area contributed by atoms with Gasteiger partial charge < -0.3 is 5.32 Å². The number of sulfonamides is 1. The Morgan fingerprint density at radius 3 is 2.65 bits per heavy atom. The lowest BCUT2D eigenvalue weighted by Crippen LogP contribution is -2.16. The Labute approximate surface area is 119 Å². The van der Waals surface area contributed by atoms with E-state index >= 15 is 0 Å². The number of hydrogen-bond donors (Lipinski definition) is 2. The van der Waals surface area contributed by atoms with Gasteiger partial charge in [0.15, 0.2) is 0 Å². The number of benzene rings is 1. The number of nitrogens with one attached hydrogen (secondary N) is 2. The maximum atomic E-state index is 12.4. The van der Waals surface area contributed by atoms with Gasteiger partial charge in [-0.3, -0.25) is 4.72 Å². The van der Waals surface area contributed by atoms with E-state index in [1.54, 1.807) is 43.5 Å². The zero-order valence-corrected chi connectivity index (χ0v) is 12.2. The number of aromatic nitrogens is 1. The van der Waals surface area contributed by atoms with Gasteiger partial charge in [0.1, 0.15) is 5.82 Å². The SMILES string of the molecule is CNCc1ccc(C)c(S(=O)(=O)Nc2ccccn2)c1. The van der Waals surface area contributed by atoms with Crippen LogP contribution in [0.1, 0.15) is 11.1 Å². The summed E-state index contributed by atoms with van der Waals surface area (Å²) in [7, 11) is -1.81. The van der Waals surface area contributed by atoms with Crippen molar-refractivity contribution in [2.24, 2.45) is 0 Å². The van der Waals surface area contributed by atoms with Crippen molar-refractivity contribution in [3.8, 4) is 0 Å². The molecule has 0 aliphatic heterocycles. The van der Waals surface area contributed by atoms with Gasteiger partial charge >= 0.3 is 0 Å². The maximum Gasteiger partial charge on any atom is 0.263 e. The molecular formula is C14H17N3O2S. The van der Waals surface area contributed by atoms with E-state index in [1.165, 1.54) is 0 Å². The highest BCUT2D eigenvalue weighted by molar-refractivity contribution is 7.92. The summed E-state index contributed by atoms with van der Waals surface area (Å²) in [4.78, 5) is 4.25. The van der Waals surface area contributed by atoms with Gasteiger partial charge in [-0.05, 0) is 43.3 Å². The second-order valence-electron chi connectivity index (χ2n) is 4.45. The zero-order chi connectivity index (χ0) is 14.6. The third-order valence-electron chi connectivity index (χ3n) is 2.83. The van der Waals surface area contributed by atoms with E-state index in [1.807, 2.05) is 13.1 Å². The van der Waals surface area contributed by atoms with E-state index in [9.17, 15) is 8.42 Å². The standard InChI is InChI=1S/C14H17N3O2S/c1-11-6-7-12(10-15-2)9-13(11)20(18,19)17-14-5-3-4-8-16-14/h3-9,15H,10H2,1-2H3,(H,16,17). The monoisotopic (exact) mass is 291 g/mol. The Balaban J connectivity index is 2.36.